The van der Waals surface area contributed by atoms with Crippen LogP contribution < -0.4 is 27.8 Å². The molecule has 0 spiro atoms. The molecular formula is C23H30BrN5O6. The van der Waals surface area contributed by atoms with E-state index in [1.165, 1.54) is 28.2 Å². The third-order valence-electron chi connectivity index (χ3n) is 5.59. The normalized spacial score (nSPS) is 10.9. The molecule has 0 bridgehead atoms. The maximum absolute atomic E-state index is 13.0. The van der Waals surface area contributed by atoms with Gasteiger partial charge in [-0.05, 0) is 30.8 Å². The Bertz CT molecular complexity index is 1380. The molecule has 0 unspecified atom stereocenters. The molecule has 0 amide bonds. The SMILES string of the molecule is CCNCC.Cn1c(O)c(C(c2cccc(Br)c2)c2c(O)n(C)c(=O)n(C)c2=O)c(=O)n(C)c1=O. The van der Waals surface area contributed by atoms with Crippen molar-refractivity contribution < 1.29 is 10.2 Å². The van der Waals surface area contributed by atoms with Gasteiger partial charge in [-0.15, -0.1) is 0 Å². The van der Waals surface area contributed by atoms with E-state index in [9.17, 15) is 29.4 Å². The van der Waals surface area contributed by atoms with E-state index in [1.807, 2.05) is 0 Å². The molecule has 35 heavy (non-hydrogen) atoms. The molecule has 0 saturated heterocycles. The van der Waals surface area contributed by atoms with Crippen LogP contribution >= 0.6 is 15.9 Å². The Hall–Kier alpha value is -3.38. The monoisotopic (exact) mass is 551 g/mol. The first-order valence-electron chi connectivity index (χ1n) is 10.8. The fourth-order valence-electron chi connectivity index (χ4n) is 3.64. The van der Waals surface area contributed by atoms with Gasteiger partial charge in [-0.25, -0.2) is 9.59 Å². The van der Waals surface area contributed by atoms with Gasteiger partial charge >= 0.3 is 11.4 Å². The number of nitrogens with one attached hydrogen (secondary N) is 1. The summed E-state index contributed by atoms with van der Waals surface area (Å²) in [5.41, 5.74) is -3.39. The molecule has 190 valence electrons. The minimum Gasteiger partial charge on any atom is -0.494 e. The van der Waals surface area contributed by atoms with Crippen LogP contribution in [-0.2, 0) is 28.2 Å². The van der Waals surface area contributed by atoms with Crippen molar-refractivity contribution in [1.29, 1.82) is 0 Å². The Balaban J connectivity index is 0.000000784. The highest BCUT2D eigenvalue weighted by Crippen LogP contribution is 2.36. The molecule has 2 aromatic heterocycles. The average Bonchev–Trinajstić information content (AvgIpc) is 2.84. The lowest BCUT2D eigenvalue weighted by Gasteiger charge is -2.22. The Kier molecular flexibility index (Phi) is 9.05. The lowest BCUT2D eigenvalue weighted by atomic mass is 9.86. The van der Waals surface area contributed by atoms with Gasteiger partial charge in [0.05, 0.1) is 17.0 Å². The van der Waals surface area contributed by atoms with Crippen molar-refractivity contribution in [2.45, 2.75) is 19.8 Å². The van der Waals surface area contributed by atoms with E-state index >= 15 is 0 Å². The van der Waals surface area contributed by atoms with Crippen LogP contribution in [0.25, 0.3) is 0 Å². The highest BCUT2D eigenvalue weighted by Gasteiger charge is 2.33. The van der Waals surface area contributed by atoms with Gasteiger partial charge in [0.15, 0.2) is 0 Å². The van der Waals surface area contributed by atoms with E-state index in [2.05, 4.69) is 35.1 Å². The van der Waals surface area contributed by atoms with Crippen LogP contribution in [0.4, 0.5) is 0 Å². The molecule has 12 heteroatoms. The number of benzene rings is 1. The fraction of sp³-hybridized carbons (Fsp3) is 0.391. The number of aromatic hydroxyl groups is 2. The summed E-state index contributed by atoms with van der Waals surface area (Å²) in [4.78, 5) is 50.4. The summed E-state index contributed by atoms with van der Waals surface area (Å²) in [5.74, 6) is -2.56. The molecule has 0 aliphatic heterocycles. The first-order valence-corrected chi connectivity index (χ1v) is 11.6. The quantitative estimate of drug-likeness (QED) is 0.418. The Morgan fingerprint density at radius 1 is 0.800 bits per heavy atom. The summed E-state index contributed by atoms with van der Waals surface area (Å²) in [6, 6.07) is 6.58. The zero-order valence-electron chi connectivity index (χ0n) is 20.5. The highest BCUT2D eigenvalue weighted by atomic mass is 79.9. The highest BCUT2D eigenvalue weighted by molar-refractivity contribution is 9.10. The number of hydrogen-bond donors (Lipinski definition) is 3. The van der Waals surface area contributed by atoms with Crippen molar-refractivity contribution in [1.82, 2.24) is 23.6 Å². The number of halogens is 1. The topological polar surface area (TPSA) is 140 Å². The van der Waals surface area contributed by atoms with E-state index in [0.29, 0.717) is 10.0 Å². The Labute approximate surface area is 209 Å². The number of aromatic nitrogens is 4. The lowest BCUT2D eigenvalue weighted by Crippen LogP contribution is -2.42. The first kappa shape index (κ1) is 27.9. The standard InChI is InChI=1S/C19H19BrN4O6.C4H11N/c1-21-14(25)12(15(26)22(2)18(21)29)11(9-6-5-7-10(20)8-9)13-16(27)23(3)19(30)24(4)17(13)28;1-3-5-4-2/h5-8,11,25,27H,1-4H3;5H,3-4H2,1-2H3. The predicted molar refractivity (Wildman–Crippen MR) is 136 cm³/mol. The molecule has 0 aliphatic rings. The second-order valence-corrected chi connectivity index (χ2v) is 8.75. The largest absolute Gasteiger partial charge is 0.494 e. The fourth-order valence-corrected chi connectivity index (χ4v) is 4.05. The summed E-state index contributed by atoms with van der Waals surface area (Å²) in [6.07, 6.45) is 0. The molecule has 3 aromatic rings. The van der Waals surface area contributed by atoms with E-state index in [4.69, 9.17) is 0 Å². The van der Waals surface area contributed by atoms with Crippen molar-refractivity contribution in [2.24, 2.45) is 28.2 Å². The van der Waals surface area contributed by atoms with Crippen molar-refractivity contribution in [3.8, 4) is 11.8 Å². The maximum atomic E-state index is 13.0. The molecular weight excluding hydrogens is 522 g/mol. The molecule has 0 fully saturated rings. The Morgan fingerprint density at radius 2 is 1.23 bits per heavy atom. The summed E-state index contributed by atoms with van der Waals surface area (Å²) < 4.78 is 3.94. The maximum Gasteiger partial charge on any atom is 0.333 e. The second-order valence-electron chi connectivity index (χ2n) is 7.83. The zero-order valence-corrected chi connectivity index (χ0v) is 22.1. The van der Waals surface area contributed by atoms with Crippen LogP contribution in [0.3, 0.4) is 0 Å². The Morgan fingerprint density at radius 3 is 1.57 bits per heavy atom. The minimum atomic E-state index is -1.27. The summed E-state index contributed by atoms with van der Waals surface area (Å²) in [7, 11) is 5.03. The lowest BCUT2D eigenvalue weighted by molar-refractivity contribution is 0.391. The van der Waals surface area contributed by atoms with E-state index in [0.717, 1.165) is 31.4 Å². The molecule has 11 nitrogen and oxygen atoms in total. The van der Waals surface area contributed by atoms with Crippen LogP contribution in [0.5, 0.6) is 11.8 Å². The summed E-state index contributed by atoms with van der Waals surface area (Å²) in [6.45, 7) is 6.39. The van der Waals surface area contributed by atoms with E-state index < -0.39 is 40.2 Å². The van der Waals surface area contributed by atoms with Gasteiger partial charge in [0.25, 0.3) is 11.1 Å². The second kappa shape index (κ2) is 11.4. The smallest absolute Gasteiger partial charge is 0.333 e. The van der Waals surface area contributed by atoms with Crippen LogP contribution in [0, 0.1) is 0 Å². The summed E-state index contributed by atoms with van der Waals surface area (Å²) >= 11 is 3.33. The molecule has 0 atom stereocenters. The molecule has 2 heterocycles. The van der Waals surface area contributed by atoms with Gasteiger partial charge < -0.3 is 15.5 Å². The summed E-state index contributed by atoms with van der Waals surface area (Å²) in [5, 5.41) is 24.5. The van der Waals surface area contributed by atoms with Crippen molar-refractivity contribution in [3.05, 3.63) is 87.1 Å². The molecule has 3 N–H and O–H groups in total. The van der Waals surface area contributed by atoms with Gasteiger partial charge in [-0.1, -0.05) is 41.9 Å². The van der Waals surface area contributed by atoms with Gasteiger partial charge in [-0.2, -0.15) is 0 Å². The molecule has 1 aromatic carbocycles. The number of nitrogens with zero attached hydrogens (tertiary/aromatic N) is 4. The first-order chi connectivity index (χ1) is 16.4. The predicted octanol–water partition coefficient (Wildman–Crippen LogP) is 0.451. The van der Waals surface area contributed by atoms with Crippen molar-refractivity contribution in [3.63, 3.8) is 0 Å². The molecule has 0 saturated carbocycles. The minimum absolute atomic E-state index is 0.288. The average molecular weight is 552 g/mol. The van der Waals surface area contributed by atoms with E-state index in [1.54, 1.807) is 24.3 Å². The third kappa shape index (κ3) is 5.33. The van der Waals surface area contributed by atoms with Gasteiger partial charge in [0, 0.05) is 32.7 Å². The van der Waals surface area contributed by atoms with Gasteiger partial charge in [-0.3, -0.25) is 27.9 Å². The molecule has 0 radical (unpaired) electrons. The third-order valence-corrected chi connectivity index (χ3v) is 6.09. The van der Waals surface area contributed by atoms with Crippen molar-refractivity contribution in [2.75, 3.05) is 13.1 Å². The van der Waals surface area contributed by atoms with Crippen LogP contribution in [0.2, 0.25) is 0 Å². The van der Waals surface area contributed by atoms with Crippen molar-refractivity contribution >= 4 is 15.9 Å². The number of hydrogen-bond acceptors (Lipinski definition) is 7. The number of rotatable bonds is 5. The van der Waals surface area contributed by atoms with E-state index in [-0.39, 0.29) is 11.1 Å². The zero-order chi connectivity index (χ0) is 26.6. The van der Waals surface area contributed by atoms with Gasteiger partial charge in [0.2, 0.25) is 11.8 Å². The van der Waals surface area contributed by atoms with Crippen LogP contribution in [0.1, 0.15) is 36.5 Å². The van der Waals surface area contributed by atoms with Crippen LogP contribution in [-0.4, -0.2) is 41.6 Å². The van der Waals surface area contributed by atoms with Crippen LogP contribution in [0.15, 0.2) is 47.9 Å². The molecule has 0 aliphatic carbocycles. The molecule has 3 rings (SSSR count). The van der Waals surface area contributed by atoms with Gasteiger partial charge in [0.1, 0.15) is 0 Å².